The second-order valence-electron chi connectivity index (χ2n) is 2.75. The molecule has 0 radical (unpaired) electrons. The molecule has 0 aliphatic rings. The summed E-state index contributed by atoms with van der Waals surface area (Å²) in [4.78, 5) is 16.6. The Hall–Kier alpha value is -0.720. The van der Waals surface area contributed by atoms with Crippen LogP contribution >= 0.6 is 38.6 Å². The molecule has 0 aromatic carbocycles. The van der Waals surface area contributed by atoms with E-state index in [9.17, 15) is 4.79 Å². The van der Waals surface area contributed by atoms with E-state index >= 15 is 0 Å². The van der Waals surface area contributed by atoms with Gasteiger partial charge in [-0.15, -0.1) is 22.7 Å². The molecular weight excluding hydrogens is 296 g/mol. The van der Waals surface area contributed by atoms with Gasteiger partial charge in [-0.2, -0.15) is 0 Å². The molecule has 0 saturated carbocycles. The normalized spacial score (nSPS) is 10.2. The third kappa shape index (κ3) is 2.64. The lowest BCUT2D eigenvalue weighted by atomic mass is 10.4. The number of aromatic nitrogens is 1. The number of rotatable bonds is 3. The number of carbonyl (C=O) groups is 1. The number of hydrogen-bond donors (Lipinski definition) is 1. The molecule has 0 saturated heterocycles. The molecule has 0 unspecified atom stereocenters. The number of nitrogens with zero attached hydrogens (tertiary/aromatic N) is 1. The zero-order chi connectivity index (χ0) is 10.7. The van der Waals surface area contributed by atoms with E-state index in [1.54, 1.807) is 22.2 Å². The minimum absolute atomic E-state index is 0.128. The van der Waals surface area contributed by atoms with Gasteiger partial charge in [-0.05, 0) is 27.4 Å². The van der Waals surface area contributed by atoms with Crippen molar-refractivity contribution in [1.29, 1.82) is 0 Å². The summed E-state index contributed by atoms with van der Waals surface area (Å²) in [5.74, 6) is -0.128. The Morgan fingerprint density at radius 1 is 1.60 bits per heavy atom. The number of amides is 1. The molecule has 0 atom stereocenters. The lowest BCUT2D eigenvalue weighted by molar-refractivity contribution is 0.0947. The van der Waals surface area contributed by atoms with E-state index in [-0.39, 0.29) is 5.91 Å². The molecule has 78 valence electrons. The average Bonchev–Trinajstić information content (AvgIpc) is 2.85. The Bertz CT molecular complexity index is 452. The molecule has 1 amide bonds. The minimum atomic E-state index is -0.128. The number of nitrogens with one attached hydrogen (secondary N) is 1. The average molecular weight is 303 g/mol. The van der Waals surface area contributed by atoms with E-state index in [4.69, 9.17) is 0 Å². The summed E-state index contributed by atoms with van der Waals surface area (Å²) in [7, 11) is 0. The van der Waals surface area contributed by atoms with Crippen molar-refractivity contribution in [1.82, 2.24) is 10.3 Å². The first kappa shape index (κ1) is 10.8. The quantitative estimate of drug-likeness (QED) is 0.947. The second-order valence-corrected chi connectivity index (χ2v) is 5.32. The highest BCUT2D eigenvalue weighted by molar-refractivity contribution is 9.10. The lowest BCUT2D eigenvalue weighted by Crippen LogP contribution is -2.22. The first-order valence-electron chi connectivity index (χ1n) is 4.15. The van der Waals surface area contributed by atoms with Crippen LogP contribution in [0.4, 0.5) is 0 Å². The van der Waals surface area contributed by atoms with E-state index in [1.165, 1.54) is 11.3 Å². The van der Waals surface area contributed by atoms with Crippen molar-refractivity contribution in [3.63, 3.8) is 0 Å². The molecule has 2 rings (SSSR count). The van der Waals surface area contributed by atoms with Gasteiger partial charge in [0.25, 0.3) is 5.91 Å². The highest BCUT2D eigenvalue weighted by Crippen LogP contribution is 2.22. The molecule has 0 bridgehead atoms. The summed E-state index contributed by atoms with van der Waals surface area (Å²) in [6.07, 6.45) is 0. The first-order valence-corrected chi connectivity index (χ1v) is 6.77. The molecule has 0 aliphatic carbocycles. The molecule has 1 N–H and O–H groups in total. The van der Waals surface area contributed by atoms with E-state index in [2.05, 4.69) is 26.2 Å². The summed E-state index contributed by atoms with van der Waals surface area (Å²) < 4.78 is 1.03. The van der Waals surface area contributed by atoms with Gasteiger partial charge in [0.1, 0.15) is 5.69 Å². The third-order valence-corrected chi connectivity index (χ3v) is 4.28. The standard InChI is InChI=1S/C9H7BrN2OS2/c10-6-1-2-15-8(6)3-11-9(13)7-4-14-5-12-7/h1-2,4-5H,3H2,(H,11,13). The highest BCUT2D eigenvalue weighted by atomic mass is 79.9. The van der Waals surface area contributed by atoms with Crippen LogP contribution in [0.2, 0.25) is 0 Å². The van der Waals surface area contributed by atoms with Crippen LogP contribution in [0.15, 0.2) is 26.8 Å². The highest BCUT2D eigenvalue weighted by Gasteiger charge is 2.08. The number of hydrogen-bond acceptors (Lipinski definition) is 4. The van der Waals surface area contributed by atoms with Crippen LogP contribution in [-0.2, 0) is 6.54 Å². The maximum Gasteiger partial charge on any atom is 0.271 e. The number of thiazole rings is 1. The zero-order valence-electron chi connectivity index (χ0n) is 7.57. The predicted molar refractivity (Wildman–Crippen MR) is 65.3 cm³/mol. The number of thiophene rings is 1. The van der Waals surface area contributed by atoms with Gasteiger partial charge >= 0.3 is 0 Å². The Kier molecular flexibility index (Phi) is 3.50. The third-order valence-electron chi connectivity index (χ3n) is 1.77. The Balaban J connectivity index is 1.95. The fraction of sp³-hybridized carbons (Fsp3) is 0.111. The van der Waals surface area contributed by atoms with Gasteiger partial charge in [0.05, 0.1) is 12.1 Å². The number of carbonyl (C=O) groups excluding carboxylic acids is 1. The lowest BCUT2D eigenvalue weighted by Gasteiger charge is -2.01. The van der Waals surface area contributed by atoms with Crippen LogP contribution in [0.3, 0.4) is 0 Å². The topological polar surface area (TPSA) is 42.0 Å². The molecular formula is C9H7BrN2OS2. The monoisotopic (exact) mass is 302 g/mol. The zero-order valence-corrected chi connectivity index (χ0v) is 10.8. The summed E-state index contributed by atoms with van der Waals surface area (Å²) in [5, 5.41) is 6.53. The van der Waals surface area contributed by atoms with Crippen LogP contribution in [0.25, 0.3) is 0 Å². The fourth-order valence-electron chi connectivity index (χ4n) is 1.03. The molecule has 0 fully saturated rings. The molecule has 15 heavy (non-hydrogen) atoms. The van der Waals surface area contributed by atoms with Gasteiger partial charge in [0, 0.05) is 14.7 Å². The van der Waals surface area contributed by atoms with Crippen molar-refractivity contribution in [3.8, 4) is 0 Å². The second kappa shape index (κ2) is 4.87. The van der Waals surface area contributed by atoms with E-state index < -0.39 is 0 Å². The summed E-state index contributed by atoms with van der Waals surface area (Å²) in [6.45, 7) is 0.536. The van der Waals surface area contributed by atoms with Crippen LogP contribution in [0, 0.1) is 0 Å². The Labute approximate surface area is 103 Å². The van der Waals surface area contributed by atoms with Crippen molar-refractivity contribution >= 4 is 44.5 Å². The molecule has 0 aliphatic heterocycles. The van der Waals surface area contributed by atoms with Gasteiger partial charge in [-0.25, -0.2) is 4.98 Å². The molecule has 3 nitrogen and oxygen atoms in total. The summed E-state index contributed by atoms with van der Waals surface area (Å²) in [5.41, 5.74) is 2.13. The van der Waals surface area contributed by atoms with E-state index in [0.29, 0.717) is 12.2 Å². The maximum absolute atomic E-state index is 11.5. The molecule has 6 heteroatoms. The molecule has 2 aromatic heterocycles. The van der Waals surface area contributed by atoms with Crippen molar-refractivity contribution in [2.45, 2.75) is 6.54 Å². The van der Waals surface area contributed by atoms with Crippen LogP contribution in [-0.4, -0.2) is 10.9 Å². The van der Waals surface area contributed by atoms with Gasteiger partial charge in [-0.3, -0.25) is 4.79 Å². The molecule has 2 aromatic rings. The van der Waals surface area contributed by atoms with Crippen molar-refractivity contribution in [2.75, 3.05) is 0 Å². The van der Waals surface area contributed by atoms with Crippen LogP contribution in [0.5, 0.6) is 0 Å². The van der Waals surface area contributed by atoms with E-state index in [0.717, 1.165) is 9.35 Å². The minimum Gasteiger partial charge on any atom is -0.346 e. The van der Waals surface area contributed by atoms with Crippen molar-refractivity contribution in [2.24, 2.45) is 0 Å². The van der Waals surface area contributed by atoms with Crippen molar-refractivity contribution in [3.05, 3.63) is 37.4 Å². The molecule has 0 spiro atoms. The fourth-order valence-corrected chi connectivity index (χ4v) is 2.99. The predicted octanol–water partition coefficient (Wildman–Crippen LogP) is 2.90. The largest absolute Gasteiger partial charge is 0.346 e. The smallest absolute Gasteiger partial charge is 0.271 e. The van der Waals surface area contributed by atoms with E-state index in [1.807, 2.05) is 11.4 Å². The van der Waals surface area contributed by atoms with Gasteiger partial charge < -0.3 is 5.32 Å². The summed E-state index contributed by atoms with van der Waals surface area (Å²) in [6, 6.07) is 1.97. The summed E-state index contributed by atoms with van der Waals surface area (Å²) >= 11 is 6.44. The Morgan fingerprint density at radius 3 is 3.07 bits per heavy atom. The SMILES string of the molecule is O=C(NCc1sccc1Br)c1cscn1. The molecule has 2 heterocycles. The van der Waals surface area contributed by atoms with Crippen LogP contribution in [0.1, 0.15) is 15.4 Å². The first-order chi connectivity index (χ1) is 7.27. The van der Waals surface area contributed by atoms with Crippen LogP contribution < -0.4 is 5.32 Å². The van der Waals surface area contributed by atoms with Gasteiger partial charge in [-0.1, -0.05) is 0 Å². The maximum atomic E-state index is 11.5. The van der Waals surface area contributed by atoms with Crippen molar-refractivity contribution < 1.29 is 4.79 Å². The van der Waals surface area contributed by atoms with Gasteiger partial charge in [0.2, 0.25) is 0 Å². The number of halogens is 1. The Morgan fingerprint density at radius 2 is 2.47 bits per heavy atom. The van der Waals surface area contributed by atoms with Gasteiger partial charge in [0.15, 0.2) is 0 Å².